The van der Waals surface area contributed by atoms with Crippen LogP contribution in [0.2, 0.25) is 0 Å². The first-order valence-electron chi connectivity index (χ1n) is 9.61. The maximum absolute atomic E-state index is 12.7. The van der Waals surface area contributed by atoms with Gasteiger partial charge in [0, 0.05) is 45.0 Å². The van der Waals surface area contributed by atoms with Crippen LogP contribution in [0.25, 0.3) is 10.9 Å². The average Bonchev–Trinajstić information content (AvgIpc) is 3.28. The Morgan fingerprint density at radius 2 is 1.69 bits per heavy atom. The minimum atomic E-state index is -3.40. The van der Waals surface area contributed by atoms with Gasteiger partial charge in [0.05, 0.1) is 10.9 Å². The van der Waals surface area contributed by atoms with Crippen LogP contribution in [0.4, 0.5) is 14.5 Å². The van der Waals surface area contributed by atoms with Gasteiger partial charge in [0.25, 0.3) is 16.6 Å². The van der Waals surface area contributed by atoms with Gasteiger partial charge < -0.3 is 9.64 Å². The molecule has 0 N–H and O–H groups in total. The molecule has 1 aromatic carbocycles. The zero-order chi connectivity index (χ0) is 20.4. The quantitative estimate of drug-likeness (QED) is 0.699. The lowest BCUT2D eigenvalue weighted by Gasteiger charge is -2.37. The number of alkyl halides is 2. The number of rotatable bonds is 6. The Balaban J connectivity index is 1.48. The predicted molar refractivity (Wildman–Crippen MR) is 105 cm³/mol. The fourth-order valence-corrected chi connectivity index (χ4v) is 5.40. The largest absolute Gasteiger partial charge is 0.471 e. The summed E-state index contributed by atoms with van der Waals surface area (Å²) >= 11 is 0. The predicted octanol–water partition coefficient (Wildman–Crippen LogP) is 1.74. The summed E-state index contributed by atoms with van der Waals surface area (Å²) in [5, 5.41) is 0.553. The molecule has 2 aliphatic heterocycles. The lowest BCUT2D eigenvalue weighted by Crippen LogP contribution is -2.52. The van der Waals surface area contributed by atoms with Gasteiger partial charge in [-0.1, -0.05) is 0 Å². The lowest BCUT2D eigenvalue weighted by molar-refractivity contribution is 0.0804. The average molecular weight is 427 g/mol. The van der Waals surface area contributed by atoms with E-state index in [1.165, 1.54) is 10.6 Å². The van der Waals surface area contributed by atoms with Crippen LogP contribution in [0, 0.1) is 0 Å². The fourth-order valence-electron chi connectivity index (χ4n) is 3.73. The number of anilines is 1. The van der Waals surface area contributed by atoms with Crippen molar-refractivity contribution in [2.24, 2.45) is 0 Å². The molecule has 0 aliphatic carbocycles. The summed E-state index contributed by atoms with van der Waals surface area (Å²) in [6.45, 7) is 2.33. The van der Waals surface area contributed by atoms with E-state index in [2.05, 4.69) is 14.9 Å². The van der Waals surface area contributed by atoms with Gasteiger partial charge in [-0.25, -0.2) is 18.7 Å². The number of ether oxygens (including phenoxy) is 1. The van der Waals surface area contributed by atoms with Crippen molar-refractivity contribution in [3.63, 3.8) is 0 Å². The maximum atomic E-state index is 12.7. The van der Waals surface area contributed by atoms with Crippen LogP contribution >= 0.6 is 0 Å². The topological polar surface area (TPSA) is 78.9 Å². The summed E-state index contributed by atoms with van der Waals surface area (Å²) in [4.78, 5) is 10.2. The zero-order valence-corrected chi connectivity index (χ0v) is 16.7. The van der Waals surface area contributed by atoms with E-state index in [1.54, 1.807) is 16.4 Å². The van der Waals surface area contributed by atoms with Crippen LogP contribution in [-0.2, 0) is 10.2 Å². The van der Waals surface area contributed by atoms with Crippen LogP contribution in [0.15, 0.2) is 24.5 Å². The van der Waals surface area contributed by atoms with Crippen molar-refractivity contribution < 1.29 is 21.9 Å². The summed E-state index contributed by atoms with van der Waals surface area (Å²) < 4.78 is 58.7. The van der Waals surface area contributed by atoms with Crippen LogP contribution in [0.5, 0.6) is 5.88 Å². The Kier molecular flexibility index (Phi) is 5.79. The van der Waals surface area contributed by atoms with Crippen molar-refractivity contribution in [2.45, 2.75) is 19.3 Å². The molecule has 1 aromatic heterocycles. The van der Waals surface area contributed by atoms with Gasteiger partial charge in [-0.3, -0.25) is 0 Å². The molecule has 8 nitrogen and oxygen atoms in total. The minimum absolute atomic E-state index is 0.118. The lowest BCUT2D eigenvalue weighted by atomic mass is 10.2. The van der Waals surface area contributed by atoms with E-state index in [0.717, 1.165) is 18.5 Å². The number of halogens is 2. The molecule has 0 bridgehead atoms. The molecule has 11 heteroatoms. The van der Waals surface area contributed by atoms with E-state index in [1.807, 2.05) is 6.07 Å². The van der Waals surface area contributed by atoms with Gasteiger partial charge in [-0.15, -0.1) is 0 Å². The van der Waals surface area contributed by atoms with Crippen LogP contribution < -0.4 is 9.64 Å². The normalized spacial score (nSPS) is 19.3. The molecule has 0 atom stereocenters. The summed E-state index contributed by atoms with van der Waals surface area (Å²) in [5.74, 6) is 0.118. The molecule has 2 aromatic rings. The third-order valence-corrected chi connectivity index (χ3v) is 7.29. The van der Waals surface area contributed by atoms with Crippen molar-refractivity contribution >= 4 is 26.8 Å². The Morgan fingerprint density at radius 3 is 2.38 bits per heavy atom. The zero-order valence-electron chi connectivity index (χ0n) is 15.9. The minimum Gasteiger partial charge on any atom is -0.471 e. The van der Waals surface area contributed by atoms with E-state index in [4.69, 9.17) is 4.74 Å². The number of aromatic nitrogens is 2. The Labute approximate surface area is 168 Å². The third-order valence-electron chi connectivity index (χ3n) is 5.25. The summed E-state index contributed by atoms with van der Waals surface area (Å²) in [7, 11) is -3.40. The first-order chi connectivity index (χ1) is 13.9. The van der Waals surface area contributed by atoms with Crippen molar-refractivity contribution in [3.05, 3.63) is 24.5 Å². The highest BCUT2D eigenvalue weighted by atomic mass is 32.2. The molecule has 0 spiro atoms. The smallest absolute Gasteiger partial charge is 0.282 e. The van der Waals surface area contributed by atoms with Gasteiger partial charge in [-0.05, 0) is 31.0 Å². The molecule has 0 radical (unpaired) electrons. The van der Waals surface area contributed by atoms with E-state index in [-0.39, 0.29) is 5.88 Å². The molecule has 2 fully saturated rings. The second-order valence-electron chi connectivity index (χ2n) is 7.08. The van der Waals surface area contributed by atoms with Gasteiger partial charge >= 0.3 is 0 Å². The molecule has 0 unspecified atom stereocenters. The SMILES string of the molecule is O=S(=O)(N1CCCC1)N1CCN(c2ccc3ncnc(OCC(F)F)c3c2)CC1. The molecule has 29 heavy (non-hydrogen) atoms. The summed E-state index contributed by atoms with van der Waals surface area (Å²) in [6.07, 6.45) is 0.516. The van der Waals surface area contributed by atoms with Gasteiger partial charge in [-0.2, -0.15) is 17.0 Å². The number of piperazine rings is 1. The molecule has 158 valence electrons. The maximum Gasteiger partial charge on any atom is 0.282 e. The highest BCUT2D eigenvalue weighted by Crippen LogP contribution is 2.28. The summed E-state index contributed by atoms with van der Waals surface area (Å²) in [5.41, 5.74) is 1.45. The first kappa shape index (κ1) is 20.2. The van der Waals surface area contributed by atoms with Crippen molar-refractivity contribution in [1.29, 1.82) is 0 Å². The van der Waals surface area contributed by atoms with Gasteiger partial charge in [0.1, 0.15) is 6.33 Å². The van der Waals surface area contributed by atoms with E-state index >= 15 is 0 Å². The monoisotopic (exact) mass is 427 g/mol. The third kappa shape index (κ3) is 4.26. The van der Waals surface area contributed by atoms with Gasteiger partial charge in [0.15, 0.2) is 6.61 Å². The molecule has 0 amide bonds. The number of benzene rings is 1. The van der Waals surface area contributed by atoms with Crippen molar-refractivity contribution in [2.75, 3.05) is 50.8 Å². The van der Waals surface area contributed by atoms with Crippen LogP contribution in [0.3, 0.4) is 0 Å². The summed E-state index contributed by atoms with van der Waals surface area (Å²) in [6, 6.07) is 5.48. The van der Waals surface area contributed by atoms with E-state index in [0.29, 0.717) is 50.2 Å². The second-order valence-corrected chi connectivity index (χ2v) is 9.01. The second kappa shape index (κ2) is 8.33. The van der Waals surface area contributed by atoms with Crippen LogP contribution in [-0.4, -0.2) is 79.3 Å². The number of hydrogen-bond donors (Lipinski definition) is 0. The molecule has 3 heterocycles. The number of nitrogens with zero attached hydrogens (tertiary/aromatic N) is 5. The highest BCUT2D eigenvalue weighted by Gasteiger charge is 2.33. The van der Waals surface area contributed by atoms with Gasteiger partial charge in [0.2, 0.25) is 5.88 Å². The van der Waals surface area contributed by atoms with Crippen LogP contribution in [0.1, 0.15) is 12.8 Å². The Hall–Kier alpha value is -2.11. The molecule has 2 saturated heterocycles. The molecular formula is C18H23F2N5O3S. The standard InChI is InChI=1S/C18H23F2N5O3S/c19-17(20)12-28-18-15-11-14(3-4-16(15)21-13-22-18)23-7-9-25(10-8-23)29(26,27)24-5-1-2-6-24/h3-4,11,13,17H,1-2,5-10,12H2. The molecule has 2 aliphatic rings. The number of fused-ring (bicyclic) bond motifs is 1. The van der Waals surface area contributed by atoms with Crippen molar-refractivity contribution in [3.8, 4) is 5.88 Å². The first-order valence-corrected chi connectivity index (χ1v) is 11.0. The fraction of sp³-hybridized carbons (Fsp3) is 0.556. The highest BCUT2D eigenvalue weighted by molar-refractivity contribution is 7.86. The Bertz CT molecular complexity index is 961. The Morgan fingerprint density at radius 1 is 1.00 bits per heavy atom. The molecule has 0 saturated carbocycles. The number of hydrogen-bond acceptors (Lipinski definition) is 6. The van der Waals surface area contributed by atoms with E-state index < -0.39 is 23.2 Å². The van der Waals surface area contributed by atoms with Crippen molar-refractivity contribution in [1.82, 2.24) is 18.6 Å². The van der Waals surface area contributed by atoms with E-state index in [9.17, 15) is 17.2 Å². The molecular weight excluding hydrogens is 404 g/mol. The molecule has 4 rings (SSSR count).